The molecule has 0 rings (SSSR count). The second-order valence-electron chi connectivity index (χ2n) is 2.16. The highest BCUT2D eigenvalue weighted by Crippen LogP contribution is 1.94. The predicted octanol–water partition coefficient (Wildman–Crippen LogP) is 0.889. The summed E-state index contributed by atoms with van der Waals surface area (Å²) >= 11 is 0. The van der Waals surface area contributed by atoms with Crippen molar-refractivity contribution in [3.05, 3.63) is 0 Å². The Bertz CT molecular complexity index is 157. The summed E-state index contributed by atoms with van der Waals surface area (Å²) in [6.45, 7) is 1.91. The van der Waals surface area contributed by atoms with Crippen LogP contribution in [0.4, 0.5) is 0 Å². The lowest BCUT2D eigenvalue weighted by atomic mass is 10.3. The van der Waals surface area contributed by atoms with Crippen molar-refractivity contribution >= 4 is 5.97 Å². The molecule has 0 bridgehead atoms. The molecule has 0 aromatic carbocycles. The van der Waals surface area contributed by atoms with Gasteiger partial charge < -0.3 is 9.84 Å². The topological polar surface area (TPSA) is 46.5 Å². The van der Waals surface area contributed by atoms with E-state index in [-0.39, 0.29) is 0 Å². The van der Waals surface area contributed by atoms with Crippen LogP contribution < -0.4 is 0 Å². The molecule has 0 aliphatic carbocycles. The van der Waals surface area contributed by atoms with Crippen molar-refractivity contribution in [2.24, 2.45) is 0 Å². The molecular formula is C8H12O3. The molecule has 0 spiro atoms. The maximum absolute atomic E-state index is 10.2. The van der Waals surface area contributed by atoms with Crippen molar-refractivity contribution in [2.75, 3.05) is 6.61 Å². The average Bonchev–Trinajstić information content (AvgIpc) is 1.97. The SMILES string of the molecule is C#CCCCOC(C)C(=O)O. The molecule has 3 heteroatoms. The van der Waals surface area contributed by atoms with Crippen LogP contribution in [0.15, 0.2) is 0 Å². The quantitative estimate of drug-likeness (QED) is 0.475. The standard InChI is InChI=1S/C8H12O3/c1-3-4-5-6-11-7(2)8(9)10/h1,7H,4-6H2,2H3,(H,9,10). The number of carbonyl (C=O) groups is 1. The average molecular weight is 156 g/mol. The normalized spacial score (nSPS) is 12.0. The molecule has 11 heavy (non-hydrogen) atoms. The first kappa shape index (κ1) is 9.99. The van der Waals surface area contributed by atoms with Crippen LogP contribution in [-0.4, -0.2) is 23.8 Å². The molecule has 3 nitrogen and oxygen atoms in total. The van der Waals surface area contributed by atoms with E-state index in [1.165, 1.54) is 6.92 Å². The Balaban J connectivity index is 3.26. The summed E-state index contributed by atoms with van der Waals surface area (Å²) in [4.78, 5) is 10.2. The van der Waals surface area contributed by atoms with Crippen molar-refractivity contribution < 1.29 is 14.6 Å². The fraction of sp³-hybridized carbons (Fsp3) is 0.625. The monoisotopic (exact) mass is 156 g/mol. The lowest BCUT2D eigenvalue weighted by Crippen LogP contribution is -2.20. The van der Waals surface area contributed by atoms with E-state index in [1.807, 2.05) is 0 Å². The maximum Gasteiger partial charge on any atom is 0.332 e. The van der Waals surface area contributed by atoms with Crippen molar-refractivity contribution in [1.82, 2.24) is 0 Å². The molecule has 0 aromatic rings. The summed E-state index contributed by atoms with van der Waals surface area (Å²) in [6.07, 6.45) is 5.60. The van der Waals surface area contributed by atoms with Crippen LogP contribution in [0, 0.1) is 12.3 Å². The van der Waals surface area contributed by atoms with Gasteiger partial charge in [-0.1, -0.05) is 0 Å². The molecule has 0 aromatic heterocycles. The highest BCUT2D eigenvalue weighted by atomic mass is 16.5. The van der Waals surface area contributed by atoms with E-state index in [4.69, 9.17) is 16.3 Å². The van der Waals surface area contributed by atoms with E-state index in [0.717, 1.165) is 0 Å². The molecule has 0 fully saturated rings. The zero-order valence-electron chi connectivity index (χ0n) is 6.54. The van der Waals surface area contributed by atoms with Gasteiger partial charge in [-0.2, -0.15) is 0 Å². The third kappa shape index (κ3) is 5.43. The molecule has 1 unspecified atom stereocenters. The lowest BCUT2D eigenvalue weighted by molar-refractivity contribution is -0.149. The number of carboxylic acids is 1. The van der Waals surface area contributed by atoms with Gasteiger partial charge in [0.25, 0.3) is 0 Å². The van der Waals surface area contributed by atoms with Crippen LogP contribution >= 0.6 is 0 Å². The van der Waals surface area contributed by atoms with Gasteiger partial charge in [-0.25, -0.2) is 4.79 Å². The number of hydrogen-bond donors (Lipinski definition) is 1. The van der Waals surface area contributed by atoms with E-state index in [0.29, 0.717) is 19.4 Å². The first-order chi connectivity index (χ1) is 5.18. The summed E-state index contributed by atoms with van der Waals surface area (Å²) in [7, 11) is 0. The Kier molecular flexibility index (Phi) is 5.22. The van der Waals surface area contributed by atoms with Crippen LogP contribution in [0.5, 0.6) is 0 Å². The second kappa shape index (κ2) is 5.75. The van der Waals surface area contributed by atoms with Crippen molar-refractivity contribution in [3.8, 4) is 12.3 Å². The minimum Gasteiger partial charge on any atom is -0.479 e. The van der Waals surface area contributed by atoms with Crippen LogP contribution in [-0.2, 0) is 9.53 Å². The maximum atomic E-state index is 10.2. The van der Waals surface area contributed by atoms with Crippen LogP contribution in [0.2, 0.25) is 0 Å². The van der Waals surface area contributed by atoms with Gasteiger partial charge in [-0.15, -0.1) is 12.3 Å². The van der Waals surface area contributed by atoms with Gasteiger partial charge >= 0.3 is 5.97 Å². The van der Waals surface area contributed by atoms with E-state index < -0.39 is 12.1 Å². The molecule has 0 saturated heterocycles. The van der Waals surface area contributed by atoms with Crippen LogP contribution in [0.25, 0.3) is 0 Å². The zero-order chi connectivity index (χ0) is 8.69. The smallest absolute Gasteiger partial charge is 0.332 e. The largest absolute Gasteiger partial charge is 0.479 e. The number of terminal acetylenes is 1. The molecule has 0 radical (unpaired) electrons. The van der Waals surface area contributed by atoms with E-state index >= 15 is 0 Å². The summed E-state index contributed by atoms with van der Waals surface area (Å²) in [5.74, 6) is 1.50. The highest BCUT2D eigenvalue weighted by Gasteiger charge is 2.09. The molecule has 1 N–H and O–H groups in total. The molecule has 0 saturated carbocycles. The fourth-order valence-corrected chi connectivity index (χ4v) is 0.506. The number of carboxylic acid groups (broad SMARTS) is 1. The molecule has 1 atom stereocenters. The molecule has 0 aliphatic rings. The molecule has 0 amide bonds. The first-order valence-corrected chi connectivity index (χ1v) is 3.46. The van der Waals surface area contributed by atoms with Crippen molar-refractivity contribution in [1.29, 1.82) is 0 Å². The van der Waals surface area contributed by atoms with Gasteiger partial charge in [0.1, 0.15) is 0 Å². The molecular weight excluding hydrogens is 144 g/mol. The minimum atomic E-state index is -0.939. The van der Waals surface area contributed by atoms with Gasteiger partial charge in [0.05, 0.1) is 0 Å². The van der Waals surface area contributed by atoms with E-state index in [1.54, 1.807) is 0 Å². The number of aliphatic carboxylic acids is 1. The Morgan fingerprint density at radius 1 is 1.82 bits per heavy atom. The fourth-order valence-electron chi connectivity index (χ4n) is 0.506. The predicted molar refractivity (Wildman–Crippen MR) is 41.1 cm³/mol. The molecule has 0 heterocycles. The van der Waals surface area contributed by atoms with Gasteiger partial charge in [0.2, 0.25) is 0 Å². The van der Waals surface area contributed by atoms with Gasteiger partial charge in [-0.3, -0.25) is 0 Å². The molecule has 62 valence electrons. The van der Waals surface area contributed by atoms with Gasteiger partial charge in [0, 0.05) is 13.0 Å². The van der Waals surface area contributed by atoms with Crippen LogP contribution in [0.3, 0.4) is 0 Å². The van der Waals surface area contributed by atoms with Crippen molar-refractivity contribution in [2.45, 2.75) is 25.9 Å². The minimum absolute atomic E-state index is 0.414. The Morgan fingerprint density at radius 2 is 2.45 bits per heavy atom. The third-order valence-corrected chi connectivity index (χ3v) is 1.18. The highest BCUT2D eigenvalue weighted by molar-refractivity contribution is 5.71. The summed E-state index contributed by atoms with van der Waals surface area (Å²) < 4.78 is 4.91. The molecule has 0 aliphatic heterocycles. The van der Waals surface area contributed by atoms with E-state index in [2.05, 4.69) is 5.92 Å². The summed E-state index contributed by atoms with van der Waals surface area (Å²) in [5.41, 5.74) is 0. The number of ether oxygens (including phenoxy) is 1. The Morgan fingerprint density at radius 3 is 2.91 bits per heavy atom. The van der Waals surface area contributed by atoms with Crippen LogP contribution in [0.1, 0.15) is 19.8 Å². The lowest BCUT2D eigenvalue weighted by Gasteiger charge is -2.06. The third-order valence-electron chi connectivity index (χ3n) is 1.18. The van der Waals surface area contributed by atoms with Gasteiger partial charge in [0.15, 0.2) is 6.10 Å². The number of unbranched alkanes of at least 4 members (excludes halogenated alkanes) is 1. The number of rotatable bonds is 5. The Labute approximate surface area is 66.4 Å². The van der Waals surface area contributed by atoms with E-state index in [9.17, 15) is 4.79 Å². The second-order valence-corrected chi connectivity index (χ2v) is 2.16. The van der Waals surface area contributed by atoms with Crippen molar-refractivity contribution in [3.63, 3.8) is 0 Å². The first-order valence-electron chi connectivity index (χ1n) is 3.46. The summed E-state index contributed by atoms with van der Waals surface area (Å²) in [6, 6.07) is 0. The summed E-state index contributed by atoms with van der Waals surface area (Å²) in [5, 5.41) is 8.37. The van der Waals surface area contributed by atoms with Gasteiger partial charge in [-0.05, 0) is 13.3 Å². The Hall–Kier alpha value is -1.01. The number of hydrogen-bond acceptors (Lipinski definition) is 2. The zero-order valence-corrected chi connectivity index (χ0v) is 6.54.